The summed E-state index contributed by atoms with van der Waals surface area (Å²) in [5.41, 5.74) is 0. The molecule has 0 aliphatic carbocycles. The standard InChI is InChI=1S/C10H16N2O3/c1-8-6-12(3-2-11-8)10(13)9-7-14-4-5-15-9/h7-8,11H,2-6H2,1H3/t8-/m0/s1. The SMILES string of the molecule is C[C@H]1CN(C(=O)C2=COCCO2)CCN1. The lowest BCUT2D eigenvalue weighted by molar-refractivity contribution is -0.133. The summed E-state index contributed by atoms with van der Waals surface area (Å²) in [6.07, 6.45) is 1.42. The van der Waals surface area contributed by atoms with Crippen LogP contribution in [0.25, 0.3) is 0 Å². The summed E-state index contributed by atoms with van der Waals surface area (Å²) in [5, 5.41) is 3.28. The van der Waals surface area contributed by atoms with Gasteiger partial charge in [0.25, 0.3) is 5.91 Å². The van der Waals surface area contributed by atoms with Gasteiger partial charge in [-0.05, 0) is 6.92 Å². The van der Waals surface area contributed by atoms with Gasteiger partial charge in [0.1, 0.15) is 19.5 Å². The highest BCUT2D eigenvalue weighted by molar-refractivity contribution is 5.91. The van der Waals surface area contributed by atoms with Gasteiger partial charge in [0.05, 0.1) is 0 Å². The third-order valence-corrected chi connectivity index (χ3v) is 2.52. The van der Waals surface area contributed by atoms with Crippen molar-refractivity contribution >= 4 is 5.91 Å². The molecule has 2 heterocycles. The molecule has 84 valence electrons. The van der Waals surface area contributed by atoms with Gasteiger partial charge in [-0.25, -0.2) is 0 Å². The smallest absolute Gasteiger partial charge is 0.292 e. The van der Waals surface area contributed by atoms with Gasteiger partial charge in [0, 0.05) is 25.7 Å². The predicted molar refractivity (Wildman–Crippen MR) is 54.0 cm³/mol. The van der Waals surface area contributed by atoms with Crippen LogP contribution >= 0.6 is 0 Å². The van der Waals surface area contributed by atoms with Crippen molar-refractivity contribution in [2.24, 2.45) is 0 Å². The number of rotatable bonds is 1. The van der Waals surface area contributed by atoms with Gasteiger partial charge >= 0.3 is 0 Å². The molecule has 1 fully saturated rings. The Labute approximate surface area is 89.0 Å². The van der Waals surface area contributed by atoms with E-state index in [1.54, 1.807) is 4.90 Å². The fourth-order valence-corrected chi connectivity index (χ4v) is 1.75. The normalized spacial score (nSPS) is 26.3. The highest BCUT2D eigenvalue weighted by atomic mass is 16.6. The maximum Gasteiger partial charge on any atom is 0.292 e. The lowest BCUT2D eigenvalue weighted by Gasteiger charge is -2.32. The third-order valence-electron chi connectivity index (χ3n) is 2.52. The van der Waals surface area contributed by atoms with Crippen LogP contribution in [0.3, 0.4) is 0 Å². The molecule has 5 heteroatoms. The fraction of sp³-hybridized carbons (Fsp3) is 0.700. The first kappa shape index (κ1) is 10.3. The van der Waals surface area contributed by atoms with Crippen molar-refractivity contribution in [2.75, 3.05) is 32.8 Å². The van der Waals surface area contributed by atoms with Crippen molar-refractivity contribution in [1.29, 1.82) is 0 Å². The van der Waals surface area contributed by atoms with E-state index < -0.39 is 0 Å². The Bertz CT molecular complexity index is 278. The van der Waals surface area contributed by atoms with Gasteiger partial charge in [-0.1, -0.05) is 0 Å². The third kappa shape index (κ3) is 2.41. The number of hydrogen-bond donors (Lipinski definition) is 1. The van der Waals surface area contributed by atoms with Gasteiger partial charge in [-0.2, -0.15) is 0 Å². The average molecular weight is 212 g/mol. The number of carbonyl (C=O) groups excluding carboxylic acids is 1. The lowest BCUT2D eigenvalue weighted by atomic mass is 10.2. The molecule has 0 saturated carbocycles. The van der Waals surface area contributed by atoms with Crippen LogP contribution < -0.4 is 5.32 Å². The van der Waals surface area contributed by atoms with Gasteiger partial charge in [-0.3, -0.25) is 4.79 Å². The monoisotopic (exact) mass is 212 g/mol. The van der Waals surface area contributed by atoms with Crippen molar-refractivity contribution in [3.63, 3.8) is 0 Å². The minimum absolute atomic E-state index is 0.0666. The molecule has 2 rings (SSSR count). The quantitative estimate of drug-likeness (QED) is 0.648. The predicted octanol–water partition coefficient (Wildman–Crippen LogP) is -0.305. The van der Waals surface area contributed by atoms with Crippen LogP contribution in [0.15, 0.2) is 12.0 Å². The summed E-state index contributed by atoms with van der Waals surface area (Å²) in [5.74, 6) is 0.262. The molecule has 0 aromatic heterocycles. The highest BCUT2D eigenvalue weighted by Gasteiger charge is 2.25. The van der Waals surface area contributed by atoms with Crippen molar-refractivity contribution < 1.29 is 14.3 Å². The molecule has 0 aromatic rings. The van der Waals surface area contributed by atoms with Crippen molar-refractivity contribution in [3.8, 4) is 0 Å². The first-order valence-electron chi connectivity index (χ1n) is 5.24. The lowest BCUT2D eigenvalue weighted by Crippen LogP contribution is -2.52. The van der Waals surface area contributed by atoms with Crippen LogP contribution in [0, 0.1) is 0 Å². The van der Waals surface area contributed by atoms with E-state index in [0.29, 0.717) is 25.0 Å². The molecule has 0 unspecified atom stereocenters. The zero-order chi connectivity index (χ0) is 10.7. The molecule has 1 amide bonds. The topological polar surface area (TPSA) is 50.8 Å². The Hall–Kier alpha value is -1.23. The van der Waals surface area contributed by atoms with Crippen LogP contribution in [0.1, 0.15) is 6.92 Å². The number of nitrogens with zero attached hydrogens (tertiary/aromatic N) is 1. The molecule has 1 saturated heterocycles. The number of hydrogen-bond acceptors (Lipinski definition) is 4. The van der Waals surface area contributed by atoms with E-state index in [1.165, 1.54) is 6.26 Å². The number of amides is 1. The van der Waals surface area contributed by atoms with Crippen molar-refractivity contribution in [1.82, 2.24) is 10.2 Å². The van der Waals surface area contributed by atoms with Crippen LogP contribution in [0.5, 0.6) is 0 Å². The zero-order valence-electron chi connectivity index (χ0n) is 8.86. The van der Waals surface area contributed by atoms with Crippen LogP contribution in [0.4, 0.5) is 0 Å². The molecule has 1 atom stereocenters. The second-order valence-electron chi connectivity index (χ2n) is 3.81. The first-order chi connectivity index (χ1) is 7.27. The van der Waals surface area contributed by atoms with E-state index in [0.717, 1.165) is 19.6 Å². The Morgan fingerprint density at radius 1 is 1.60 bits per heavy atom. The number of carbonyl (C=O) groups is 1. The molecule has 1 N–H and O–H groups in total. The second kappa shape index (κ2) is 4.53. The first-order valence-corrected chi connectivity index (χ1v) is 5.24. The maximum atomic E-state index is 11.9. The molecule has 2 aliphatic rings. The summed E-state index contributed by atoms with van der Waals surface area (Å²) in [6.45, 7) is 5.32. The van der Waals surface area contributed by atoms with Crippen molar-refractivity contribution in [3.05, 3.63) is 12.0 Å². The average Bonchev–Trinajstić information content (AvgIpc) is 2.29. The maximum absolute atomic E-state index is 11.9. The van der Waals surface area contributed by atoms with E-state index in [9.17, 15) is 4.79 Å². The molecular formula is C10H16N2O3. The number of piperazine rings is 1. The molecule has 0 bridgehead atoms. The molecule has 0 radical (unpaired) electrons. The molecule has 2 aliphatic heterocycles. The van der Waals surface area contributed by atoms with E-state index in [1.807, 2.05) is 0 Å². The van der Waals surface area contributed by atoms with Crippen LogP contribution in [0.2, 0.25) is 0 Å². The largest absolute Gasteiger partial charge is 0.494 e. The van der Waals surface area contributed by atoms with Crippen LogP contribution in [-0.2, 0) is 14.3 Å². The molecular weight excluding hydrogens is 196 g/mol. The summed E-state index contributed by atoms with van der Waals surface area (Å²) in [6, 6.07) is 0.341. The van der Waals surface area contributed by atoms with Crippen LogP contribution in [-0.4, -0.2) is 49.7 Å². The molecule has 5 nitrogen and oxygen atoms in total. The fourth-order valence-electron chi connectivity index (χ4n) is 1.75. The Balaban J connectivity index is 1.97. The minimum Gasteiger partial charge on any atom is -0.494 e. The van der Waals surface area contributed by atoms with Gasteiger partial charge in [0.2, 0.25) is 5.76 Å². The zero-order valence-corrected chi connectivity index (χ0v) is 8.86. The number of nitrogens with one attached hydrogen (secondary N) is 1. The molecule has 15 heavy (non-hydrogen) atoms. The van der Waals surface area contributed by atoms with E-state index in [-0.39, 0.29) is 5.91 Å². The second-order valence-corrected chi connectivity index (χ2v) is 3.81. The Kier molecular flexibility index (Phi) is 3.11. The summed E-state index contributed by atoms with van der Waals surface area (Å²) >= 11 is 0. The molecule has 0 spiro atoms. The van der Waals surface area contributed by atoms with Gasteiger partial charge < -0.3 is 19.7 Å². The Morgan fingerprint density at radius 3 is 3.13 bits per heavy atom. The number of ether oxygens (including phenoxy) is 2. The minimum atomic E-state index is -0.0666. The summed E-state index contributed by atoms with van der Waals surface area (Å²) < 4.78 is 10.3. The van der Waals surface area contributed by atoms with E-state index in [4.69, 9.17) is 9.47 Å². The Morgan fingerprint density at radius 2 is 2.47 bits per heavy atom. The van der Waals surface area contributed by atoms with E-state index in [2.05, 4.69) is 12.2 Å². The van der Waals surface area contributed by atoms with E-state index >= 15 is 0 Å². The summed E-state index contributed by atoms with van der Waals surface area (Å²) in [7, 11) is 0. The van der Waals surface area contributed by atoms with Gasteiger partial charge in [0.15, 0.2) is 0 Å². The van der Waals surface area contributed by atoms with Gasteiger partial charge in [-0.15, -0.1) is 0 Å². The van der Waals surface area contributed by atoms with Crippen molar-refractivity contribution in [2.45, 2.75) is 13.0 Å². The molecule has 0 aromatic carbocycles. The highest BCUT2D eigenvalue weighted by Crippen LogP contribution is 2.10. The summed E-state index contributed by atoms with van der Waals surface area (Å²) in [4.78, 5) is 13.7.